The molecular weight excluding hydrogens is 331 g/mol. The average Bonchev–Trinajstić information content (AvgIpc) is 2.59. The maximum atomic E-state index is 12.8. The molecule has 0 aliphatic carbocycles. The summed E-state index contributed by atoms with van der Waals surface area (Å²) in [7, 11) is 1.78. The largest absolute Gasteiger partial charge is 0.416 e. The van der Waals surface area contributed by atoms with Gasteiger partial charge in [0.15, 0.2) is 0 Å². The molecule has 7 heteroatoms. The van der Waals surface area contributed by atoms with Crippen LogP contribution < -0.4 is 4.90 Å². The van der Waals surface area contributed by atoms with Crippen LogP contribution >= 0.6 is 0 Å². The third-order valence-electron chi connectivity index (χ3n) is 4.75. The van der Waals surface area contributed by atoms with Crippen molar-refractivity contribution in [3.63, 3.8) is 0 Å². The summed E-state index contributed by atoms with van der Waals surface area (Å²) in [6, 6.07) is 5.22. The van der Waals surface area contributed by atoms with Crippen molar-refractivity contribution in [2.75, 3.05) is 25.0 Å². The highest BCUT2D eigenvalue weighted by molar-refractivity contribution is 5.79. The molecule has 25 heavy (non-hydrogen) atoms. The van der Waals surface area contributed by atoms with Crippen molar-refractivity contribution < 1.29 is 18.0 Å². The molecule has 1 fully saturated rings. The Hall–Kier alpha value is -2.23. The smallest absolute Gasteiger partial charge is 0.370 e. The summed E-state index contributed by atoms with van der Waals surface area (Å²) >= 11 is 0. The first kappa shape index (κ1) is 19.1. The van der Waals surface area contributed by atoms with Crippen LogP contribution in [0.2, 0.25) is 0 Å². The number of carbonyl (C=O) groups is 1. The van der Waals surface area contributed by atoms with Crippen LogP contribution in [-0.2, 0) is 11.0 Å². The molecule has 2 rings (SSSR count). The van der Waals surface area contributed by atoms with E-state index < -0.39 is 11.7 Å². The van der Waals surface area contributed by atoms with Gasteiger partial charge in [-0.15, -0.1) is 0 Å². The number of amides is 1. The fourth-order valence-corrected chi connectivity index (χ4v) is 2.99. The van der Waals surface area contributed by atoms with Gasteiger partial charge in [0.1, 0.15) is 6.07 Å². The van der Waals surface area contributed by atoms with Gasteiger partial charge >= 0.3 is 6.18 Å². The van der Waals surface area contributed by atoms with E-state index in [4.69, 9.17) is 0 Å². The van der Waals surface area contributed by atoms with Gasteiger partial charge in [0.2, 0.25) is 5.91 Å². The molecule has 0 aromatic heterocycles. The standard InChI is InChI=1S/C18H22F3N3O/c1-12(2)23(3)17(25)13-6-8-24(9-7-13)16-5-4-15(18(19,20)21)10-14(16)11-22/h4-5,10,12-13H,6-9H2,1-3H3. The van der Waals surface area contributed by atoms with E-state index in [2.05, 4.69) is 0 Å². The number of alkyl halides is 3. The highest BCUT2D eigenvalue weighted by atomic mass is 19.4. The lowest BCUT2D eigenvalue weighted by Gasteiger charge is -2.35. The van der Waals surface area contributed by atoms with Crippen LogP contribution in [0.5, 0.6) is 0 Å². The highest BCUT2D eigenvalue weighted by Gasteiger charge is 2.32. The third kappa shape index (κ3) is 4.25. The monoisotopic (exact) mass is 353 g/mol. The number of anilines is 1. The molecule has 1 heterocycles. The summed E-state index contributed by atoms with van der Waals surface area (Å²) in [4.78, 5) is 16.0. The summed E-state index contributed by atoms with van der Waals surface area (Å²) in [5, 5.41) is 9.21. The van der Waals surface area contributed by atoms with Crippen LogP contribution in [0, 0.1) is 17.2 Å². The highest BCUT2D eigenvalue weighted by Crippen LogP contribution is 2.34. The van der Waals surface area contributed by atoms with Crippen LogP contribution in [0.1, 0.15) is 37.8 Å². The lowest BCUT2D eigenvalue weighted by atomic mass is 9.94. The van der Waals surface area contributed by atoms with Gasteiger partial charge < -0.3 is 9.80 Å². The molecule has 0 saturated carbocycles. The number of piperidine rings is 1. The Kier molecular flexibility index (Phi) is 5.61. The molecule has 0 N–H and O–H groups in total. The molecule has 0 bridgehead atoms. The van der Waals surface area contributed by atoms with E-state index in [0.717, 1.165) is 12.1 Å². The summed E-state index contributed by atoms with van der Waals surface area (Å²) < 4.78 is 38.4. The van der Waals surface area contributed by atoms with Gasteiger partial charge in [0.25, 0.3) is 0 Å². The molecule has 1 saturated heterocycles. The number of benzene rings is 1. The first-order chi connectivity index (χ1) is 11.6. The molecule has 1 amide bonds. The molecule has 136 valence electrons. The van der Waals surface area contributed by atoms with Crippen molar-refractivity contribution >= 4 is 11.6 Å². The molecule has 0 unspecified atom stereocenters. The predicted molar refractivity (Wildman–Crippen MR) is 89.0 cm³/mol. The SMILES string of the molecule is CC(C)N(C)C(=O)C1CCN(c2ccc(C(F)(F)F)cc2C#N)CC1. The number of hydrogen-bond acceptors (Lipinski definition) is 3. The van der Waals surface area contributed by atoms with Gasteiger partial charge in [-0.05, 0) is 44.9 Å². The molecule has 0 atom stereocenters. The van der Waals surface area contributed by atoms with E-state index in [0.29, 0.717) is 31.6 Å². The second-order valence-electron chi connectivity index (χ2n) is 6.65. The molecule has 1 aliphatic heterocycles. The van der Waals surface area contributed by atoms with Crippen molar-refractivity contribution in [3.8, 4) is 6.07 Å². The summed E-state index contributed by atoms with van der Waals surface area (Å²) in [6.45, 7) is 4.99. The fraction of sp³-hybridized carbons (Fsp3) is 0.556. The number of nitriles is 1. The summed E-state index contributed by atoms with van der Waals surface area (Å²) in [5.41, 5.74) is -0.311. The topological polar surface area (TPSA) is 47.3 Å². The minimum atomic E-state index is -4.47. The van der Waals surface area contributed by atoms with Crippen molar-refractivity contribution in [1.82, 2.24) is 4.90 Å². The van der Waals surface area contributed by atoms with Crippen LogP contribution in [-0.4, -0.2) is 37.0 Å². The first-order valence-corrected chi connectivity index (χ1v) is 8.28. The maximum Gasteiger partial charge on any atom is 0.416 e. The lowest BCUT2D eigenvalue weighted by Crippen LogP contribution is -2.43. The van der Waals surface area contributed by atoms with Crippen molar-refractivity contribution in [2.45, 2.75) is 38.9 Å². The van der Waals surface area contributed by atoms with E-state index >= 15 is 0 Å². The maximum absolute atomic E-state index is 12.8. The van der Waals surface area contributed by atoms with Crippen molar-refractivity contribution in [2.24, 2.45) is 5.92 Å². The predicted octanol–water partition coefficient (Wildman–Crippen LogP) is 3.66. The zero-order valence-electron chi connectivity index (χ0n) is 14.6. The number of rotatable bonds is 3. The van der Waals surface area contributed by atoms with Gasteiger partial charge in [0, 0.05) is 32.1 Å². The normalized spacial score (nSPS) is 16.0. The second kappa shape index (κ2) is 7.34. The third-order valence-corrected chi connectivity index (χ3v) is 4.75. The van der Waals surface area contributed by atoms with Gasteiger partial charge in [-0.2, -0.15) is 18.4 Å². The van der Waals surface area contributed by atoms with E-state index in [1.165, 1.54) is 6.07 Å². The summed E-state index contributed by atoms with van der Waals surface area (Å²) in [5.74, 6) is 0.0196. The fourth-order valence-electron chi connectivity index (χ4n) is 2.99. The van der Waals surface area contributed by atoms with E-state index in [9.17, 15) is 23.2 Å². The quantitative estimate of drug-likeness (QED) is 0.833. The van der Waals surface area contributed by atoms with Crippen LogP contribution in [0.15, 0.2) is 18.2 Å². The molecule has 0 radical (unpaired) electrons. The Morgan fingerprint density at radius 1 is 1.32 bits per heavy atom. The Bertz CT molecular complexity index is 671. The first-order valence-electron chi connectivity index (χ1n) is 8.28. The van der Waals surface area contributed by atoms with Crippen LogP contribution in [0.4, 0.5) is 18.9 Å². The minimum Gasteiger partial charge on any atom is -0.370 e. The van der Waals surface area contributed by atoms with Crippen molar-refractivity contribution in [3.05, 3.63) is 29.3 Å². The van der Waals surface area contributed by atoms with E-state index in [1.54, 1.807) is 11.9 Å². The van der Waals surface area contributed by atoms with Crippen LogP contribution in [0.25, 0.3) is 0 Å². The van der Waals surface area contributed by atoms with Crippen LogP contribution in [0.3, 0.4) is 0 Å². The number of nitrogens with zero attached hydrogens (tertiary/aromatic N) is 3. The number of halogens is 3. The van der Waals surface area contributed by atoms with E-state index in [1.807, 2.05) is 24.8 Å². The van der Waals surface area contributed by atoms with Crippen molar-refractivity contribution in [1.29, 1.82) is 5.26 Å². The zero-order valence-corrected chi connectivity index (χ0v) is 14.6. The Morgan fingerprint density at radius 2 is 1.92 bits per heavy atom. The average molecular weight is 353 g/mol. The minimum absolute atomic E-state index is 0.0129. The molecule has 1 aromatic rings. The second-order valence-corrected chi connectivity index (χ2v) is 6.65. The van der Waals surface area contributed by atoms with Gasteiger partial charge in [-0.25, -0.2) is 0 Å². The number of hydrogen-bond donors (Lipinski definition) is 0. The van der Waals surface area contributed by atoms with Gasteiger partial charge in [-0.1, -0.05) is 0 Å². The number of carbonyl (C=O) groups excluding carboxylic acids is 1. The summed E-state index contributed by atoms with van der Waals surface area (Å²) in [6.07, 6.45) is -3.21. The lowest BCUT2D eigenvalue weighted by molar-refractivity contribution is -0.138. The Balaban J connectivity index is 2.11. The zero-order chi connectivity index (χ0) is 18.8. The molecular formula is C18H22F3N3O. The molecule has 1 aliphatic rings. The Labute approximate surface area is 145 Å². The van der Waals surface area contributed by atoms with E-state index in [-0.39, 0.29) is 23.4 Å². The van der Waals surface area contributed by atoms with Gasteiger partial charge in [-0.3, -0.25) is 4.79 Å². The van der Waals surface area contributed by atoms with Gasteiger partial charge in [0.05, 0.1) is 16.8 Å². The Morgan fingerprint density at radius 3 is 2.40 bits per heavy atom. The molecule has 1 aromatic carbocycles. The molecule has 4 nitrogen and oxygen atoms in total. The molecule has 0 spiro atoms.